The zero-order valence-electron chi connectivity index (χ0n) is 15.2. The molecule has 1 atom stereocenters. The number of carbonyl (C=O) groups excluding carboxylic acids is 2. The molecule has 3 rings (SSSR count). The van der Waals surface area contributed by atoms with Crippen molar-refractivity contribution in [3.63, 3.8) is 0 Å². The van der Waals surface area contributed by atoms with Crippen molar-refractivity contribution in [3.8, 4) is 0 Å². The number of para-hydroxylation sites is 1. The Balaban J connectivity index is 1.82. The highest BCUT2D eigenvalue weighted by Crippen LogP contribution is 2.37. The molecule has 4 nitrogen and oxygen atoms in total. The third-order valence-electron chi connectivity index (χ3n) is 3.90. The normalized spacial score (nSPS) is 11.5. The third-order valence-corrected chi connectivity index (χ3v) is 5.86. The van der Waals surface area contributed by atoms with Gasteiger partial charge in [0.1, 0.15) is 5.25 Å². The number of nitrogens with one attached hydrogen (secondary N) is 2. The Bertz CT molecular complexity index is 962. The average Bonchev–Trinajstić information content (AvgIpc) is 2.69. The Kier molecular flexibility index (Phi) is 6.90. The SMILES string of the molecule is CC(=O)Nc1ccc(SC(C(=O)Nc2ccccc2Br)c2ccccc2)cc1. The maximum Gasteiger partial charge on any atom is 0.242 e. The predicted octanol–water partition coefficient (Wildman–Crippen LogP) is 5.88. The molecular weight excluding hydrogens is 436 g/mol. The van der Waals surface area contributed by atoms with Gasteiger partial charge in [-0.25, -0.2) is 0 Å². The van der Waals surface area contributed by atoms with Crippen LogP contribution in [0, 0.1) is 0 Å². The lowest BCUT2D eigenvalue weighted by molar-refractivity contribution is -0.116. The number of halogens is 1. The van der Waals surface area contributed by atoms with Crippen molar-refractivity contribution < 1.29 is 9.59 Å². The highest BCUT2D eigenvalue weighted by Gasteiger charge is 2.22. The van der Waals surface area contributed by atoms with Crippen molar-refractivity contribution >= 4 is 50.9 Å². The lowest BCUT2D eigenvalue weighted by atomic mass is 10.1. The van der Waals surface area contributed by atoms with E-state index in [1.807, 2.05) is 78.9 Å². The highest BCUT2D eigenvalue weighted by atomic mass is 79.9. The molecule has 28 heavy (non-hydrogen) atoms. The molecule has 0 bridgehead atoms. The van der Waals surface area contributed by atoms with Gasteiger partial charge in [0.05, 0.1) is 5.69 Å². The summed E-state index contributed by atoms with van der Waals surface area (Å²) < 4.78 is 0.833. The lowest BCUT2D eigenvalue weighted by Crippen LogP contribution is -2.19. The van der Waals surface area contributed by atoms with Gasteiger partial charge in [0.25, 0.3) is 0 Å². The Labute approximate surface area is 176 Å². The fraction of sp³-hybridized carbons (Fsp3) is 0.0909. The van der Waals surface area contributed by atoms with E-state index in [4.69, 9.17) is 0 Å². The van der Waals surface area contributed by atoms with Gasteiger partial charge in [0, 0.05) is 22.0 Å². The molecule has 0 spiro atoms. The number of anilines is 2. The fourth-order valence-corrected chi connectivity index (χ4v) is 4.03. The first-order valence-electron chi connectivity index (χ1n) is 8.67. The van der Waals surface area contributed by atoms with E-state index in [9.17, 15) is 9.59 Å². The summed E-state index contributed by atoms with van der Waals surface area (Å²) in [5.74, 6) is -0.218. The van der Waals surface area contributed by atoms with E-state index >= 15 is 0 Å². The summed E-state index contributed by atoms with van der Waals surface area (Å²) in [6.45, 7) is 1.47. The Morgan fingerprint density at radius 3 is 2.14 bits per heavy atom. The van der Waals surface area contributed by atoms with E-state index in [1.165, 1.54) is 18.7 Å². The molecule has 1 unspecified atom stereocenters. The van der Waals surface area contributed by atoms with Crippen LogP contribution in [0.25, 0.3) is 0 Å². The molecule has 6 heteroatoms. The number of carbonyl (C=O) groups is 2. The quantitative estimate of drug-likeness (QED) is 0.457. The summed E-state index contributed by atoms with van der Waals surface area (Å²) in [5.41, 5.74) is 2.38. The van der Waals surface area contributed by atoms with Crippen molar-refractivity contribution in [1.82, 2.24) is 0 Å². The number of thioether (sulfide) groups is 1. The van der Waals surface area contributed by atoms with Crippen LogP contribution in [-0.2, 0) is 9.59 Å². The molecule has 0 saturated carbocycles. The second-order valence-corrected chi connectivity index (χ2v) is 8.12. The first-order valence-corrected chi connectivity index (χ1v) is 10.3. The van der Waals surface area contributed by atoms with Crippen molar-refractivity contribution in [3.05, 3.63) is 88.9 Å². The molecule has 0 aliphatic rings. The molecule has 2 amide bonds. The van der Waals surface area contributed by atoms with Gasteiger partial charge in [-0.1, -0.05) is 42.5 Å². The summed E-state index contributed by atoms with van der Waals surface area (Å²) >= 11 is 4.93. The van der Waals surface area contributed by atoms with Crippen molar-refractivity contribution in [2.24, 2.45) is 0 Å². The minimum atomic E-state index is -0.417. The molecular formula is C22H19BrN2O2S. The molecule has 0 aliphatic heterocycles. The van der Waals surface area contributed by atoms with E-state index in [-0.39, 0.29) is 11.8 Å². The van der Waals surface area contributed by atoms with E-state index in [1.54, 1.807) is 0 Å². The number of hydrogen-bond donors (Lipinski definition) is 2. The van der Waals surface area contributed by atoms with Crippen molar-refractivity contribution in [1.29, 1.82) is 0 Å². The van der Waals surface area contributed by atoms with Crippen LogP contribution in [0.5, 0.6) is 0 Å². The summed E-state index contributed by atoms with van der Waals surface area (Å²) in [7, 11) is 0. The number of rotatable bonds is 6. The van der Waals surface area contributed by atoms with Crippen LogP contribution < -0.4 is 10.6 Å². The molecule has 3 aromatic carbocycles. The van der Waals surface area contributed by atoms with Crippen LogP contribution in [0.4, 0.5) is 11.4 Å². The summed E-state index contributed by atoms with van der Waals surface area (Å²) in [5, 5.41) is 5.33. The second-order valence-electron chi connectivity index (χ2n) is 6.08. The van der Waals surface area contributed by atoms with Crippen LogP contribution >= 0.6 is 27.7 Å². The lowest BCUT2D eigenvalue weighted by Gasteiger charge is -2.18. The Hall–Kier alpha value is -2.57. The minimum absolute atomic E-state index is 0.103. The fourth-order valence-electron chi connectivity index (χ4n) is 2.62. The molecule has 0 aromatic heterocycles. The van der Waals surface area contributed by atoms with Crippen LogP contribution in [-0.4, -0.2) is 11.8 Å². The monoisotopic (exact) mass is 454 g/mol. The maximum atomic E-state index is 13.1. The van der Waals surface area contributed by atoms with Crippen molar-refractivity contribution in [2.45, 2.75) is 17.1 Å². The molecule has 0 aliphatic carbocycles. The van der Waals surface area contributed by atoms with Gasteiger partial charge in [-0.2, -0.15) is 0 Å². The van der Waals surface area contributed by atoms with Gasteiger partial charge < -0.3 is 10.6 Å². The van der Waals surface area contributed by atoms with E-state index in [2.05, 4.69) is 26.6 Å². The predicted molar refractivity (Wildman–Crippen MR) is 119 cm³/mol. The van der Waals surface area contributed by atoms with Crippen molar-refractivity contribution in [2.75, 3.05) is 10.6 Å². The molecule has 0 radical (unpaired) electrons. The molecule has 3 aromatic rings. The first-order chi connectivity index (χ1) is 13.5. The van der Waals surface area contributed by atoms with Crippen LogP contribution in [0.3, 0.4) is 0 Å². The first kappa shape index (κ1) is 20.2. The smallest absolute Gasteiger partial charge is 0.242 e. The molecule has 142 valence electrons. The zero-order valence-corrected chi connectivity index (χ0v) is 17.6. The van der Waals surface area contributed by atoms with Crippen LogP contribution in [0.15, 0.2) is 88.2 Å². The van der Waals surface area contributed by atoms with Crippen LogP contribution in [0.1, 0.15) is 17.7 Å². The van der Waals surface area contributed by atoms with E-state index in [0.717, 1.165) is 26.3 Å². The zero-order chi connectivity index (χ0) is 19.9. The Morgan fingerprint density at radius 1 is 0.857 bits per heavy atom. The molecule has 0 fully saturated rings. The minimum Gasteiger partial charge on any atom is -0.326 e. The summed E-state index contributed by atoms with van der Waals surface area (Å²) in [6, 6.07) is 24.7. The number of amides is 2. The highest BCUT2D eigenvalue weighted by molar-refractivity contribution is 9.10. The van der Waals surface area contributed by atoms with Gasteiger partial charge in [-0.15, -0.1) is 11.8 Å². The second kappa shape index (κ2) is 9.57. The average molecular weight is 455 g/mol. The van der Waals surface area contributed by atoms with Gasteiger partial charge in [0.15, 0.2) is 0 Å². The topological polar surface area (TPSA) is 58.2 Å². The maximum absolute atomic E-state index is 13.1. The Morgan fingerprint density at radius 2 is 1.50 bits per heavy atom. The molecule has 0 saturated heterocycles. The van der Waals surface area contributed by atoms with Crippen LogP contribution in [0.2, 0.25) is 0 Å². The number of benzene rings is 3. The standard InChI is InChI=1S/C22H19BrN2O2S/c1-15(26)24-17-11-13-18(14-12-17)28-21(16-7-3-2-4-8-16)22(27)25-20-10-6-5-9-19(20)23/h2-14,21H,1H3,(H,24,26)(H,25,27). The van der Waals surface area contributed by atoms with E-state index in [0.29, 0.717) is 0 Å². The number of hydrogen-bond acceptors (Lipinski definition) is 3. The molecule has 2 N–H and O–H groups in total. The summed E-state index contributed by atoms with van der Waals surface area (Å²) in [6.07, 6.45) is 0. The van der Waals surface area contributed by atoms with Gasteiger partial charge in [-0.05, 0) is 57.9 Å². The van der Waals surface area contributed by atoms with Gasteiger partial charge in [-0.3, -0.25) is 9.59 Å². The van der Waals surface area contributed by atoms with Gasteiger partial charge >= 0.3 is 0 Å². The largest absolute Gasteiger partial charge is 0.326 e. The van der Waals surface area contributed by atoms with Gasteiger partial charge in [0.2, 0.25) is 11.8 Å². The third kappa shape index (κ3) is 5.47. The summed E-state index contributed by atoms with van der Waals surface area (Å²) in [4.78, 5) is 25.2. The van der Waals surface area contributed by atoms with E-state index < -0.39 is 5.25 Å². The molecule has 0 heterocycles.